The van der Waals surface area contributed by atoms with E-state index in [1.807, 2.05) is 6.07 Å². The average molecular weight is 241 g/mol. The highest BCUT2D eigenvalue weighted by Crippen LogP contribution is 2.27. The first kappa shape index (κ1) is 11.6. The highest BCUT2D eigenvalue weighted by Gasteiger charge is 2.20. The molecule has 1 aromatic heterocycles. The van der Waals surface area contributed by atoms with Crippen LogP contribution >= 0.6 is 0 Å². The summed E-state index contributed by atoms with van der Waals surface area (Å²) in [4.78, 5) is 7.27. The van der Waals surface area contributed by atoms with Crippen LogP contribution in [0.1, 0.15) is 23.7 Å². The first-order chi connectivity index (χ1) is 8.83. The summed E-state index contributed by atoms with van der Waals surface area (Å²) in [5, 5.41) is 1.22. The van der Waals surface area contributed by atoms with E-state index in [2.05, 4.69) is 30.0 Å². The van der Waals surface area contributed by atoms with Gasteiger partial charge in [0.05, 0.1) is 5.52 Å². The van der Waals surface area contributed by atoms with Crippen LogP contribution < -0.4 is 5.73 Å². The van der Waals surface area contributed by atoms with Crippen LogP contribution in [0.25, 0.3) is 10.9 Å². The van der Waals surface area contributed by atoms with Crippen molar-refractivity contribution in [2.75, 3.05) is 13.1 Å². The van der Waals surface area contributed by atoms with Gasteiger partial charge in [0.25, 0.3) is 0 Å². The summed E-state index contributed by atoms with van der Waals surface area (Å²) in [7, 11) is 0. The van der Waals surface area contributed by atoms with Gasteiger partial charge in [-0.1, -0.05) is 25.1 Å². The van der Waals surface area contributed by atoms with Crippen molar-refractivity contribution in [2.24, 2.45) is 5.73 Å². The van der Waals surface area contributed by atoms with Crippen molar-refractivity contribution in [3.63, 3.8) is 0 Å². The van der Waals surface area contributed by atoms with Crippen molar-refractivity contribution in [1.29, 1.82) is 0 Å². The Morgan fingerprint density at radius 3 is 2.94 bits per heavy atom. The Bertz CT molecular complexity index is 577. The lowest BCUT2D eigenvalue weighted by atomic mass is 9.96. The third-order valence-corrected chi connectivity index (χ3v) is 3.90. The number of fused-ring (bicyclic) bond motifs is 2. The Balaban J connectivity index is 2.21. The number of rotatable bonds is 2. The monoisotopic (exact) mass is 241 g/mol. The molecule has 2 N–H and O–H groups in total. The van der Waals surface area contributed by atoms with E-state index in [0.717, 1.165) is 31.6 Å². The van der Waals surface area contributed by atoms with Gasteiger partial charge in [-0.05, 0) is 23.7 Å². The molecule has 0 aliphatic carbocycles. The Kier molecular flexibility index (Phi) is 3.02. The van der Waals surface area contributed by atoms with Gasteiger partial charge in [-0.15, -0.1) is 0 Å². The molecule has 94 valence electrons. The van der Waals surface area contributed by atoms with Gasteiger partial charge in [0.1, 0.15) is 0 Å². The van der Waals surface area contributed by atoms with Crippen LogP contribution in [0, 0.1) is 0 Å². The van der Waals surface area contributed by atoms with Crippen LogP contribution in [0.2, 0.25) is 0 Å². The number of likely N-dealkylation sites (N-methyl/N-ethyl adjacent to an activating group) is 1. The number of nitrogens with two attached hydrogens (primary N) is 1. The van der Waals surface area contributed by atoms with Gasteiger partial charge in [-0.2, -0.15) is 0 Å². The van der Waals surface area contributed by atoms with E-state index in [-0.39, 0.29) is 0 Å². The molecule has 2 aromatic rings. The minimum absolute atomic E-state index is 0.600. The van der Waals surface area contributed by atoms with Crippen molar-refractivity contribution in [3.8, 4) is 0 Å². The standard InChI is InChI=1S/C15H19N3/c1-2-18-8-7-15-13(10-18)12(9-16)11-5-3-4-6-14(11)17-15/h3-6H,2,7-10,16H2,1H3. The molecule has 0 unspecified atom stereocenters. The summed E-state index contributed by atoms with van der Waals surface area (Å²) in [5.74, 6) is 0. The van der Waals surface area contributed by atoms with Gasteiger partial charge >= 0.3 is 0 Å². The third-order valence-electron chi connectivity index (χ3n) is 3.90. The molecule has 1 aliphatic heterocycles. The maximum absolute atomic E-state index is 5.98. The predicted molar refractivity (Wildman–Crippen MR) is 74.3 cm³/mol. The summed E-state index contributed by atoms with van der Waals surface area (Å²) in [5.41, 5.74) is 11.0. The van der Waals surface area contributed by atoms with Crippen LogP contribution in [-0.2, 0) is 19.5 Å². The van der Waals surface area contributed by atoms with Gasteiger partial charge in [-0.3, -0.25) is 9.88 Å². The van der Waals surface area contributed by atoms with E-state index in [0.29, 0.717) is 6.54 Å². The highest BCUT2D eigenvalue weighted by atomic mass is 15.1. The fraction of sp³-hybridized carbons (Fsp3) is 0.400. The van der Waals surface area contributed by atoms with E-state index in [4.69, 9.17) is 10.7 Å². The largest absolute Gasteiger partial charge is 0.326 e. The van der Waals surface area contributed by atoms with E-state index in [1.54, 1.807) is 0 Å². The van der Waals surface area contributed by atoms with Gasteiger partial charge in [0.2, 0.25) is 0 Å². The zero-order valence-corrected chi connectivity index (χ0v) is 10.8. The van der Waals surface area contributed by atoms with Crippen molar-refractivity contribution in [1.82, 2.24) is 9.88 Å². The SMILES string of the molecule is CCN1CCc2nc3ccccc3c(CN)c2C1. The minimum atomic E-state index is 0.600. The molecule has 3 nitrogen and oxygen atoms in total. The number of hydrogen-bond donors (Lipinski definition) is 1. The summed E-state index contributed by atoms with van der Waals surface area (Å²) in [6, 6.07) is 8.33. The zero-order chi connectivity index (χ0) is 12.5. The van der Waals surface area contributed by atoms with Crippen LogP contribution in [0.4, 0.5) is 0 Å². The summed E-state index contributed by atoms with van der Waals surface area (Å²) >= 11 is 0. The molecule has 18 heavy (non-hydrogen) atoms. The van der Waals surface area contributed by atoms with E-state index in [1.165, 1.54) is 22.2 Å². The maximum atomic E-state index is 5.98. The second-order valence-electron chi connectivity index (χ2n) is 4.86. The minimum Gasteiger partial charge on any atom is -0.326 e. The summed E-state index contributed by atoms with van der Waals surface area (Å²) in [6.07, 6.45) is 1.04. The number of pyridine rings is 1. The smallest absolute Gasteiger partial charge is 0.0708 e. The highest BCUT2D eigenvalue weighted by molar-refractivity contribution is 5.83. The van der Waals surface area contributed by atoms with Crippen molar-refractivity contribution in [3.05, 3.63) is 41.1 Å². The van der Waals surface area contributed by atoms with E-state index >= 15 is 0 Å². The van der Waals surface area contributed by atoms with Gasteiger partial charge in [-0.25, -0.2) is 0 Å². The Morgan fingerprint density at radius 2 is 2.17 bits per heavy atom. The first-order valence-corrected chi connectivity index (χ1v) is 6.65. The fourth-order valence-corrected chi connectivity index (χ4v) is 2.84. The molecular weight excluding hydrogens is 222 g/mol. The Morgan fingerprint density at radius 1 is 1.33 bits per heavy atom. The quantitative estimate of drug-likeness (QED) is 0.875. The molecule has 0 spiro atoms. The van der Waals surface area contributed by atoms with Crippen LogP contribution in [0.5, 0.6) is 0 Å². The molecule has 0 fully saturated rings. The normalized spacial score (nSPS) is 15.9. The van der Waals surface area contributed by atoms with Crippen molar-refractivity contribution in [2.45, 2.75) is 26.4 Å². The predicted octanol–water partition coefficient (Wildman–Crippen LogP) is 2.07. The average Bonchev–Trinajstić information content (AvgIpc) is 2.44. The molecule has 1 aliphatic rings. The van der Waals surface area contributed by atoms with Gasteiger partial charge in [0.15, 0.2) is 0 Å². The Hall–Kier alpha value is -1.45. The molecule has 0 bridgehead atoms. The second kappa shape index (κ2) is 4.67. The molecule has 3 heteroatoms. The molecule has 0 saturated carbocycles. The van der Waals surface area contributed by atoms with E-state index < -0.39 is 0 Å². The lowest BCUT2D eigenvalue weighted by Gasteiger charge is -2.29. The van der Waals surface area contributed by atoms with Gasteiger partial charge in [0, 0.05) is 37.1 Å². The topological polar surface area (TPSA) is 42.2 Å². The lowest BCUT2D eigenvalue weighted by molar-refractivity contribution is 0.265. The van der Waals surface area contributed by atoms with Crippen LogP contribution in [-0.4, -0.2) is 23.0 Å². The molecular formula is C15H19N3. The zero-order valence-electron chi connectivity index (χ0n) is 10.8. The molecule has 0 atom stereocenters. The first-order valence-electron chi connectivity index (χ1n) is 6.65. The number of aromatic nitrogens is 1. The summed E-state index contributed by atoms with van der Waals surface area (Å²) < 4.78 is 0. The molecule has 2 heterocycles. The number of nitrogens with zero attached hydrogens (tertiary/aromatic N) is 2. The Labute approximate surface area is 108 Å². The third kappa shape index (κ3) is 1.80. The fourth-order valence-electron chi connectivity index (χ4n) is 2.84. The lowest BCUT2D eigenvalue weighted by Crippen LogP contribution is -2.32. The molecule has 3 rings (SSSR count). The number of hydrogen-bond acceptors (Lipinski definition) is 3. The van der Waals surface area contributed by atoms with Crippen LogP contribution in [0.15, 0.2) is 24.3 Å². The van der Waals surface area contributed by atoms with E-state index in [9.17, 15) is 0 Å². The molecule has 0 amide bonds. The summed E-state index contributed by atoms with van der Waals surface area (Å²) in [6.45, 7) is 6.01. The van der Waals surface area contributed by atoms with Crippen molar-refractivity contribution < 1.29 is 0 Å². The number of benzene rings is 1. The molecule has 0 radical (unpaired) electrons. The van der Waals surface area contributed by atoms with Crippen molar-refractivity contribution >= 4 is 10.9 Å². The van der Waals surface area contributed by atoms with Gasteiger partial charge < -0.3 is 5.73 Å². The maximum Gasteiger partial charge on any atom is 0.0708 e. The molecule has 0 saturated heterocycles. The second-order valence-corrected chi connectivity index (χ2v) is 4.86. The van der Waals surface area contributed by atoms with Crippen LogP contribution in [0.3, 0.4) is 0 Å². The number of para-hydroxylation sites is 1. The molecule has 1 aromatic carbocycles.